The van der Waals surface area contributed by atoms with Crippen molar-refractivity contribution in [1.29, 1.82) is 0 Å². The van der Waals surface area contributed by atoms with Crippen LogP contribution in [0.2, 0.25) is 0 Å². The van der Waals surface area contributed by atoms with Crippen molar-refractivity contribution in [2.75, 3.05) is 5.32 Å². The van der Waals surface area contributed by atoms with E-state index in [9.17, 15) is 30.8 Å². The summed E-state index contributed by atoms with van der Waals surface area (Å²) in [6.45, 7) is 0. The van der Waals surface area contributed by atoms with E-state index in [1.54, 1.807) is 0 Å². The van der Waals surface area contributed by atoms with Crippen LogP contribution in [0.3, 0.4) is 0 Å². The Balaban J connectivity index is 2.30. The molecule has 12 heteroatoms. The molecule has 2 aromatic rings. The average molecular weight is 482 g/mol. The first kappa shape index (κ1) is 21.9. The minimum absolute atomic E-state index is 0.0946. The number of aromatic nitrogens is 1. The number of hydrogen-bond acceptors (Lipinski definition) is 3. The Morgan fingerprint density at radius 2 is 2.00 bits per heavy atom. The zero-order chi connectivity index (χ0) is 21.3. The van der Waals surface area contributed by atoms with Crippen LogP contribution in [0.15, 0.2) is 39.8 Å². The molecule has 0 saturated carbocycles. The number of halogens is 5. The lowest BCUT2D eigenvalue weighted by molar-refractivity contribution is -0.138. The number of benzene rings is 1. The molecule has 0 fully saturated rings. The van der Waals surface area contributed by atoms with Gasteiger partial charge in [0.1, 0.15) is 10.6 Å². The number of hydrogen-bond donors (Lipinski definition) is 2. The Morgan fingerprint density at radius 1 is 1.36 bits per heavy atom. The number of nitrogens with zero attached hydrogens (tertiary/aromatic N) is 1. The number of carbonyl (C=O) groups excluding carboxylic acids is 1. The molecule has 150 valence electrons. The molecular formula is C16H12BrF4N3O3S. The van der Waals surface area contributed by atoms with Crippen molar-refractivity contribution in [1.82, 2.24) is 9.29 Å². The standard InChI is InChI=1S/C16H12BrF4N3O3S/c1-3-13(16(19,20)21)23-28(26,27)9-7-12(24(2)8-9)15(25)22-11-6-4-5-10(17)14(11)18/h1,4-8,13,23H,2H3,(H,22,25)/t13-/m1/s1. The number of amides is 1. The smallest absolute Gasteiger partial charge is 0.345 e. The fraction of sp³-hybridized carbons (Fsp3) is 0.188. The Kier molecular flexibility index (Phi) is 6.22. The van der Waals surface area contributed by atoms with Crippen LogP contribution in [0.1, 0.15) is 10.5 Å². The molecule has 0 aliphatic carbocycles. The maximum Gasteiger partial charge on any atom is 0.415 e. The lowest BCUT2D eigenvalue weighted by Crippen LogP contribution is -2.44. The van der Waals surface area contributed by atoms with Crippen LogP contribution >= 0.6 is 15.9 Å². The van der Waals surface area contributed by atoms with E-state index in [1.165, 1.54) is 35.9 Å². The third-order valence-electron chi connectivity index (χ3n) is 3.49. The van der Waals surface area contributed by atoms with E-state index in [-0.39, 0.29) is 15.9 Å². The highest BCUT2D eigenvalue weighted by atomic mass is 79.9. The third kappa shape index (κ3) is 4.73. The second-order valence-electron chi connectivity index (χ2n) is 5.49. The number of carbonyl (C=O) groups is 1. The van der Waals surface area contributed by atoms with Gasteiger partial charge in [-0.2, -0.15) is 17.9 Å². The SMILES string of the molecule is C#C[C@@H](NS(=O)(=O)c1cc(C(=O)Nc2cccc(Br)c2F)n(C)c1)C(F)(F)F. The van der Waals surface area contributed by atoms with Gasteiger partial charge in [-0.15, -0.1) is 6.42 Å². The van der Waals surface area contributed by atoms with Gasteiger partial charge in [0.2, 0.25) is 10.0 Å². The summed E-state index contributed by atoms with van der Waals surface area (Å²) in [6, 6.07) is 2.26. The van der Waals surface area contributed by atoms with Crippen molar-refractivity contribution >= 4 is 37.5 Å². The summed E-state index contributed by atoms with van der Waals surface area (Å²) < 4.78 is 79.0. The highest BCUT2D eigenvalue weighted by Gasteiger charge is 2.41. The quantitative estimate of drug-likeness (QED) is 0.508. The molecule has 1 aromatic carbocycles. The van der Waals surface area contributed by atoms with Crippen molar-refractivity contribution < 1.29 is 30.8 Å². The number of anilines is 1. The van der Waals surface area contributed by atoms with Crippen LogP contribution in [0.25, 0.3) is 0 Å². The van der Waals surface area contributed by atoms with E-state index in [2.05, 4.69) is 21.2 Å². The third-order valence-corrected chi connectivity index (χ3v) is 5.49. The second-order valence-corrected chi connectivity index (χ2v) is 8.06. The molecule has 0 radical (unpaired) electrons. The highest BCUT2D eigenvalue weighted by Crippen LogP contribution is 2.25. The molecule has 1 aromatic heterocycles. The molecule has 0 saturated heterocycles. The minimum atomic E-state index is -4.99. The first-order chi connectivity index (χ1) is 12.9. The number of rotatable bonds is 5. The first-order valence-corrected chi connectivity index (χ1v) is 9.61. The summed E-state index contributed by atoms with van der Waals surface area (Å²) >= 11 is 2.96. The van der Waals surface area contributed by atoms with Gasteiger partial charge in [0.05, 0.1) is 10.2 Å². The zero-order valence-electron chi connectivity index (χ0n) is 14.0. The van der Waals surface area contributed by atoms with Crippen LogP contribution < -0.4 is 10.0 Å². The lowest BCUT2D eigenvalue weighted by Gasteiger charge is -2.15. The predicted molar refractivity (Wildman–Crippen MR) is 96.5 cm³/mol. The number of nitrogens with one attached hydrogen (secondary N) is 2. The van der Waals surface area contributed by atoms with E-state index in [1.807, 2.05) is 0 Å². The molecule has 0 spiro atoms. The number of terminal acetylenes is 1. The molecule has 0 aliphatic heterocycles. The van der Waals surface area contributed by atoms with Gasteiger partial charge in [0.25, 0.3) is 5.91 Å². The van der Waals surface area contributed by atoms with Gasteiger partial charge in [-0.3, -0.25) is 4.79 Å². The largest absolute Gasteiger partial charge is 0.415 e. The molecule has 0 bridgehead atoms. The lowest BCUT2D eigenvalue weighted by atomic mass is 10.3. The summed E-state index contributed by atoms with van der Waals surface area (Å²) in [5.74, 6) is -0.310. The van der Waals surface area contributed by atoms with Crippen molar-refractivity contribution in [3.05, 3.63) is 46.4 Å². The van der Waals surface area contributed by atoms with Crippen molar-refractivity contribution in [2.24, 2.45) is 7.05 Å². The Hall–Kier alpha value is -2.36. The average Bonchev–Trinajstić information content (AvgIpc) is 2.98. The van der Waals surface area contributed by atoms with Gasteiger partial charge in [0.15, 0.2) is 11.9 Å². The van der Waals surface area contributed by atoms with Crippen LogP contribution in [0.4, 0.5) is 23.2 Å². The van der Waals surface area contributed by atoms with Crippen LogP contribution in [-0.4, -0.2) is 31.1 Å². The molecule has 6 nitrogen and oxygen atoms in total. The van der Waals surface area contributed by atoms with E-state index >= 15 is 0 Å². The van der Waals surface area contributed by atoms with E-state index < -0.39 is 38.9 Å². The molecule has 1 atom stereocenters. The first-order valence-electron chi connectivity index (χ1n) is 7.33. The normalized spacial score (nSPS) is 13.0. The maximum atomic E-state index is 14.0. The van der Waals surface area contributed by atoms with E-state index in [4.69, 9.17) is 6.42 Å². The van der Waals surface area contributed by atoms with Crippen molar-refractivity contribution in [3.8, 4) is 12.3 Å². The zero-order valence-corrected chi connectivity index (χ0v) is 16.4. The van der Waals surface area contributed by atoms with Crippen molar-refractivity contribution in [2.45, 2.75) is 17.1 Å². The van der Waals surface area contributed by atoms with Crippen LogP contribution in [0, 0.1) is 18.2 Å². The van der Waals surface area contributed by atoms with E-state index in [0.29, 0.717) is 0 Å². The second kappa shape index (κ2) is 7.94. The fourth-order valence-corrected chi connectivity index (χ4v) is 3.69. The molecule has 0 unspecified atom stereocenters. The summed E-state index contributed by atoms with van der Waals surface area (Å²) in [7, 11) is -3.37. The van der Waals surface area contributed by atoms with Crippen LogP contribution in [0.5, 0.6) is 0 Å². The van der Waals surface area contributed by atoms with Gasteiger partial charge in [-0.1, -0.05) is 12.0 Å². The van der Waals surface area contributed by atoms with Crippen LogP contribution in [-0.2, 0) is 17.1 Å². The molecule has 2 N–H and O–H groups in total. The Bertz CT molecular complexity index is 1060. The molecular weight excluding hydrogens is 470 g/mol. The molecule has 1 amide bonds. The molecule has 0 aliphatic rings. The fourth-order valence-electron chi connectivity index (χ4n) is 2.11. The summed E-state index contributed by atoms with van der Waals surface area (Å²) in [5.41, 5.74) is -0.406. The topological polar surface area (TPSA) is 80.2 Å². The summed E-state index contributed by atoms with van der Waals surface area (Å²) in [4.78, 5) is 11.7. The molecule has 2 rings (SSSR count). The Labute approximate surface area is 166 Å². The molecule has 28 heavy (non-hydrogen) atoms. The number of alkyl halides is 3. The monoisotopic (exact) mass is 481 g/mol. The summed E-state index contributed by atoms with van der Waals surface area (Å²) in [6.07, 6.45) is 0.672. The number of sulfonamides is 1. The number of aryl methyl sites for hydroxylation is 1. The van der Waals surface area contributed by atoms with Gasteiger partial charge in [0, 0.05) is 13.2 Å². The minimum Gasteiger partial charge on any atom is -0.345 e. The highest BCUT2D eigenvalue weighted by molar-refractivity contribution is 9.10. The Morgan fingerprint density at radius 3 is 2.57 bits per heavy atom. The van der Waals surface area contributed by atoms with Gasteiger partial charge in [-0.05, 0) is 34.1 Å². The van der Waals surface area contributed by atoms with E-state index in [0.717, 1.165) is 16.8 Å². The van der Waals surface area contributed by atoms with Gasteiger partial charge < -0.3 is 9.88 Å². The predicted octanol–water partition coefficient (Wildman–Crippen LogP) is 3.02. The van der Waals surface area contributed by atoms with Crippen molar-refractivity contribution in [3.63, 3.8) is 0 Å². The van der Waals surface area contributed by atoms with Gasteiger partial charge in [-0.25, -0.2) is 12.8 Å². The maximum absolute atomic E-state index is 14.0. The molecule has 1 heterocycles. The van der Waals surface area contributed by atoms with Gasteiger partial charge >= 0.3 is 6.18 Å². The summed E-state index contributed by atoms with van der Waals surface area (Å²) in [5, 5.41) is 2.26.